The molecule has 2 heteroatoms. The van der Waals surface area contributed by atoms with E-state index in [0.29, 0.717) is 11.3 Å². The summed E-state index contributed by atoms with van der Waals surface area (Å²) in [6.07, 6.45) is 2.29. The Labute approximate surface area is 88.9 Å². The van der Waals surface area contributed by atoms with Crippen LogP contribution in [-0.4, -0.2) is 6.04 Å². The van der Waals surface area contributed by atoms with E-state index < -0.39 is 0 Å². The van der Waals surface area contributed by atoms with Crippen LogP contribution >= 0.6 is 0 Å². The fourth-order valence-electron chi connectivity index (χ4n) is 1.94. The average molecular weight is 198 g/mol. The van der Waals surface area contributed by atoms with E-state index in [4.69, 9.17) is 5.84 Å². The maximum absolute atomic E-state index is 5.47. The molecule has 0 aliphatic carbocycles. The standard InChI is InChI=1S/C12H26N2/c1-9(2)11(14-13)7-10(3)8-12(4,5)6/h10-11,14H,1,7-8,13H2,2-6H3. The van der Waals surface area contributed by atoms with Gasteiger partial charge < -0.3 is 0 Å². The molecule has 0 bridgehead atoms. The molecule has 0 aromatic carbocycles. The molecule has 0 amide bonds. The SMILES string of the molecule is C=C(C)C(CC(C)CC(C)(C)C)NN. The lowest BCUT2D eigenvalue weighted by molar-refractivity contribution is 0.283. The lowest BCUT2D eigenvalue weighted by Crippen LogP contribution is -2.37. The lowest BCUT2D eigenvalue weighted by atomic mass is 9.82. The number of hydrazine groups is 1. The van der Waals surface area contributed by atoms with Crippen molar-refractivity contribution in [1.29, 1.82) is 0 Å². The van der Waals surface area contributed by atoms with Gasteiger partial charge in [0, 0.05) is 6.04 Å². The Morgan fingerprint density at radius 1 is 1.43 bits per heavy atom. The quantitative estimate of drug-likeness (QED) is 0.405. The summed E-state index contributed by atoms with van der Waals surface area (Å²) >= 11 is 0. The summed E-state index contributed by atoms with van der Waals surface area (Å²) in [4.78, 5) is 0. The van der Waals surface area contributed by atoms with Crippen molar-refractivity contribution >= 4 is 0 Å². The van der Waals surface area contributed by atoms with E-state index in [2.05, 4.69) is 39.7 Å². The molecule has 84 valence electrons. The van der Waals surface area contributed by atoms with Gasteiger partial charge in [0.1, 0.15) is 0 Å². The molecule has 0 saturated heterocycles. The third kappa shape index (κ3) is 6.17. The minimum Gasteiger partial charge on any atom is -0.271 e. The number of hydrogen-bond acceptors (Lipinski definition) is 2. The number of nitrogens with two attached hydrogens (primary N) is 1. The molecule has 0 fully saturated rings. The van der Waals surface area contributed by atoms with Gasteiger partial charge in [-0.05, 0) is 31.1 Å². The van der Waals surface area contributed by atoms with Crippen LogP contribution < -0.4 is 11.3 Å². The minimum atomic E-state index is 0.257. The van der Waals surface area contributed by atoms with E-state index in [1.165, 1.54) is 6.42 Å². The number of hydrogen-bond donors (Lipinski definition) is 2. The largest absolute Gasteiger partial charge is 0.271 e. The highest BCUT2D eigenvalue weighted by Crippen LogP contribution is 2.27. The average Bonchev–Trinajstić information content (AvgIpc) is 1.96. The smallest absolute Gasteiger partial charge is 0.0417 e. The fourth-order valence-corrected chi connectivity index (χ4v) is 1.94. The van der Waals surface area contributed by atoms with Crippen LogP contribution in [0.25, 0.3) is 0 Å². The maximum Gasteiger partial charge on any atom is 0.0417 e. The van der Waals surface area contributed by atoms with E-state index in [0.717, 1.165) is 12.0 Å². The predicted octanol–water partition coefficient (Wildman–Crippen LogP) is 2.86. The van der Waals surface area contributed by atoms with Crippen LogP contribution in [0.3, 0.4) is 0 Å². The second kappa shape index (κ2) is 5.52. The molecular weight excluding hydrogens is 172 g/mol. The molecule has 0 aromatic rings. The van der Waals surface area contributed by atoms with E-state index in [1.54, 1.807) is 0 Å². The Morgan fingerprint density at radius 3 is 2.21 bits per heavy atom. The maximum atomic E-state index is 5.47. The van der Waals surface area contributed by atoms with Crippen LogP contribution in [0.15, 0.2) is 12.2 Å². The topological polar surface area (TPSA) is 38.0 Å². The number of nitrogens with one attached hydrogen (secondary N) is 1. The third-order valence-electron chi connectivity index (χ3n) is 2.39. The number of rotatable bonds is 5. The van der Waals surface area contributed by atoms with E-state index in [-0.39, 0.29) is 6.04 Å². The van der Waals surface area contributed by atoms with Gasteiger partial charge in [-0.2, -0.15) is 0 Å². The van der Waals surface area contributed by atoms with Crippen molar-refractivity contribution in [2.45, 2.75) is 53.5 Å². The van der Waals surface area contributed by atoms with Crippen LogP contribution in [-0.2, 0) is 0 Å². The van der Waals surface area contributed by atoms with Crippen LogP contribution in [0.5, 0.6) is 0 Å². The summed E-state index contributed by atoms with van der Waals surface area (Å²) in [7, 11) is 0. The molecule has 0 saturated carbocycles. The molecule has 2 atom stereocenters. The normalized spacial score (nSPS) is 16.4. The summed E-state index contributed by atoms with van der Waals surface area (Å²) in [5.41, 5.74) is 4.33. The van der Waals surface area contributed by atoms with Gasteiger partial charge in [0.05, 0.1) is 0 Å². The summed E-state index contributed by atoms with van der Waals surface area (Å²) in [5.74, 6) is 6.15. The molecule has 0 aromatic heterocycles. The first-order chi connectivity index (χ1) is 6.26. The van der Waals surface area contributed by atoms with Crippen LogP contribution in [0, 0.1) is 11.3 Å². The summed E-state index contributed by atoms with van der Waals surface area (Å²) in [6, 6.07) is 0.257. The lowest BCUT2D eigenvalue weighted by Gasteiger charge is -2.26. The molecule has 0 radical (unpaired) electrons. The highest BCUT2D eigenvalue weighted by molar-refractivity contribution is 5.01. The zero-order chi connectivity index (χ0) is 11.4. The van der Waals surface area contributed by atoms with Crippen LogP contribution in [0.2, 0.25) is 0 Å². The van der Waals surface area contributed by atoms with Gasteiger partial charge in [0.15, 0.2) is 0 Å². The van der Waals surface area contributed by atoms with Gasteiger partial charge in [0.2, 0.25) is 0 Å². The molecule has 3 N–H and O–H groups in total. The molecule has 0 rings (SSSR count). The van der Waals surface area contributed by atoms with Crippen molar-refractivity contribution in [2.24, 2.45) is 17.2 Å². The molecule has 0 aliphatic heterocycles. The Kier molecular flexibility index (Phi) is 5.38. The highest BCUT2D eigenvalue weighted by atomic mass is 15.2. The molecule has 14 heavy (non-hydrogen) atoms. The second-order valence-electron chi connectivity index (χ2n) is 5.67. The van der Waals surface area contributed by atoms with Gasteiger partial charge in [-0.3, -0.25) is 11.3 Å². The Balaban J connectivity index is 4.03. The first-order valence-electron chi connectivity index (χ1n) is 5.38. The van der Waals surface area contributed by atoms with Crippen molar-refractivity contribution in [3.05, 3.63) is 12.2 Å². The van der Waals surface area contributed by atoms with Crippen LogP contribution in [0.4, 0.5) is 0 Å². The fraction of sp³-hybridized carbons (Fsp3) is 0.833. The van der Waals surface area contributed by atoms with E-state index >= 15 is 0 Å². The Morgan fingerprint density at radius 2 is 1.93 bits per heavy atom. The van der Waals surface area contributed by atoms with Gasteiger partial charge in [-0.25, -0.2) is 0 Å². The summed E-state index contributed by atoms with van der Waals surface area (Å²) < 4.78 is 0. The monoisotopic (exact) mass is 198 g/mol. The minimum absolute atomic E-state index is 0.257. The summed E-state index contributed by atoms with van der Waals surface area (Å²) in [5, 5.41) is 0. The van der Waals surface area contributed by atoms with Gasteiger partial charge >= 0.3 is 0 Å². The van der Waals surface area contributed by atoms with Gasteiger partial charge in [0.25, 0.3) is 0 Å². The zero-order valence-corrected chi connectivity index (χ0v) is 10.4. The predicted molar refractivity (Wildman–Crippen MR) is 63.8 cm³/mol. The van der Waals surface area contributed by atoms with Crippen molar-refractivity contribution in [2.75, 3.05) is 0 Å². The van der Waals surface area contributed by atoms with Gasteiger partial charge in [-0.1, -0.05) is 39.8 Å². The Bertz CT molecular complexity index is 179. The highest BCUT2D eigenvalue weighted by Gasteiger charge is 2.18. The molecule has 2 unspecified atom stereocenters. The third-order valence-corrected chi connectivity index (χ3v) is 2.39. The first-order valence-corrected chi connectivity index (χ1v) is 5.38. The van der Waals surface area contributed by atoms with Crippen molar-refractivity contribution in [3.63, 3.8) is 0 Å². The molecular formula is C12H26N2. The molecule has 0 spiro atoms. The second-order valence-corrected chi connectivity index (χ2v) is 5.67. The molecule has 0 heterocycles. The van der Waals surface area contributed by atoms with E-state index in [1.807, 2.05) is 6.92 Å². The van der Waals surface area contributed by atoms with E-state index in [9.17, 15) is 0 Å². The van der Waals surface area contributed by atoms with Crippen molar-refractivity contribution < 1.29 is 0 Å². The molecule has 0 aliphatic rings. The zero-order valence-electron chi connectivity index (χ0n) is 10.4. The van der Waals surface area contributed by atoms with Gasteiger partial charge in [-0.15, -0.1) is 0 Å². The van der Waals surface area contributed by atoms with Crippen molar-refractivity contribution in [3.8, 4) is 0 Å². The Hall–Kier alpha value is -0.340. The molecule has 2 nitrogen and oxygen atoms in total. The summed E-state index contributed by atoms with van der Waals surface area (Å²) in [6.45, 7) is 15.1. The van der Waals surface area contributed by atoms with Crippen LogP contribution in [0.1, 0.15) is 47.5 Å². The van der Waals surface area contributed by atoms with Crippen molar-refractivity contribution in [1.82, 2.24) is 5.43 Å². The first kappa shape index (κ1) is 13.7.